The van der Waals surface area contributed by atoms with Crippen LogP contribution in [0.1, 0.15) is 24.0 Å². The molecule has 6 atom stereocenters. The zero-order valence-electron chi connectivity index (χ0n) is 26.0. The Balaban J connectivity index is 1.43. The number of aromatic hydroxyl groups is 1. The predicted octanol–water partition coefficient (Wildman–Crippen LogP) is 4.80. The number of urea groups is 1. The molecule has 2 saturated heterocycles. The molecule has 2 heterocycles. The minimum absolute atomic E-state index is 0.00475. The third kappa shape index (κ3) is 4.88. The summed E-state index contributed by atoms with van der Waals surface area (Å²) in [5, 5.41) is 11.5. The van der Waals surface area contributed by atoms with Crippen molar-refractivity contribution in [3.05, 3.63) is 106 Å². The lowest BCUT2D eigenvalue weighted by Gasteiger charge is -2.49. The summed E-state index contributed by atoms with van der Waals surface area (Å²) < 4.78 is 19.0. The number of nitrogens with two attached hydrogens (primary N) is 1. The van der Waals surface area contributed by atoms with Crippen molar-refractivity contribution in [1.82, 2.24) is 9.91 Å². The zero-order valence-corrected chi connectivity index (χ0v) is 26.8. The number of imide groups is 4. The van der Waals surface area contributed by atoms with Crippen molar-refractivity contribution in [2.45, 2.75) is 18.3 Å². The first-order valence-electron chi connectivity index (χ1n) is 15.6. The molecule has 13 heteroatoms. The number of hydrogen-bond acceptors (Lipinski definition) is 8. The van der Waals surface area contributed by atoms with E-state index in [4.69, 9.17) is 22.1 Å². The van der Waals surface area contributed by atoms with Gasteiger partial charge in [0.05, 0.1) is 36.0 Å². The number of halogens is 2. The van der Waals surface area contributed by atoms with Crippen LogP contribution in [-0.4, -0.2) is 51.8 Å². The van der Waals surface area contributed by atoms with E-state index < -0.39 is 70.5 Å². The van der Waals surface area contributed by atoms with Gasteiger partial charge in [-0.1, -0.05) is 53.6 Å². The molecule has 49 heavy (non-hydrogen) atoms. The normalized spacial score (nSPS) is 27.6. The highest BCUT2D eigenvalue weighted by Gasteiger charge is 2.69. The minimum atomic E-state index is -1.56. The lowest BCUT2D eigenvalue weighted by molar-refractivity contribution is -0.139. The second-order valence-electron chi connectivity index (χ2n) is 12.6. The van der Waals surface area contributed by atoms with Crippen LogP contribution in [0.3, 0.4) is 0 Å². The molecule has 2 aliphatic heterocycles. The summed E-state index contributed by atoms with van der Waals surface area (Å²) in [5.74, 6) is -7.38. The monoisotopic (exact) mass is 684 g/mol. The smallest absolute Gasteiger partial charge is 0.328 e. The number of fused-ring (bicyclic) bond motifs is 4. The molecule has 3 aromatic rings. The Hall–Kier alpha value is -5.49. The van der Waals surface area contributed by atoms with Gasteiger partial charge in [0.25, 0.3) is 11.8 Å². The maximum absolute atomic E-state index is 15.0. The number of methoxy groups -OCH3 is 1. The number of benzene rings is 3. The first kappa shape index (κ1) is 32.1. The number of phenolic OH excluding ortho intramolecular Hbond substituents is 1. The lowest BCUT2D eigenvalue weighted by Crippen LogP contribution is -2.54. The number of carbonyl (C=O) groups is 5. The Bertz CT molecular complexity index is 1980. The fraction of sp³-hybridized carbons (Fsp3) is 0.250. The molecular weight excluding hydrogens is 655 g/mol. The van der Waals surface area contributed by atoms with Crippen LogP contribution in [0, 0.1) is 35.4 Å². The average Bonchev–Trinajstić information content (AvgIpc) is 3.47. The van der Waals surface area contributed by atoms with E-state index in [0.29, 0.717) is 32.3 Å². The summed E-state index contributed by atoms with van der Waals surface area (Å²) >= 11 is 6.29. The third-order valence-electron chi connectivity index (χ3n) is 10.2. The molecule has 4 aliphatic rings. The molecular formula is C36H30ClFN4O7. The van der Waals surface area contributed by atoms with Gasteiger partial charge in [-0.15, -0.1) is 0 Å². The number of ether oxygens (including phenoxy) is 1. The highest BCUT2D eigenvalue weighted by molar-refractivity contribution is 6.30. The molecule has 6 amide bonds. The molecule has 3 fully saturated rings. The van der Waals surface area contributed by atoms with Crippen LogP contribution in [0.5, 0.6) is 11.5 Å². The molecule has 250 valence electrons. The summed E-state index contributed by atoms with van der Waals surface area (Å²) in [5.41, 5.74) is 8.82. The van der Waals surface area contributed by atoms with Crippen LogP contribution < -0.4 is 15.9 Å². The SMILES string of the molecule is COc1cc(C=CC2C3=CCC4C(=O)N(C(N)=O)C(=O)C4C3CC3C(=O)N(Nc4ccc(F)cc4)C(=O)C23c2ccc(Cl)cc2)ccc1O. The summed E-state index contributed by atoms with van der Waals surface area (Å²) in [6, 6.07) is 15.4. The molecule has 1 saturated carbocycles. The Morgan fingerprint density at radius 3 is 2.41 bits per heavy atom. The van der Waals surface area contributed by atoms with Crippen molar-refractivity contribution >= 4 is 53.0 Å². The van der Waals surface area contributed by atoms with Crippen molar-refractivity contribution in [1.29, 1.82) is 0 Å². The summed E-state index contributed by atoms with van der Waals surface area (Å²) in [6.45, 7) is 0. The standard InChI is InChI=1S/C36H30ClFN4O7/c1-49-29-16-18(3-15-28(29)43)2-14-26-23-12-13-24-30(33(46)41(31(24)44)35(39)48)25(23)17-27-32(45)42(40-22-10-8-21(38)9-11-22)34(47)36(26,27)19-4-6-20(37)7-5-19/h2-12,14-16,24-27,30,40,43H,13,17H2,1H3,(H2,39,48). The van der Waals surface area contributed by atoms with Crippen LogP contribution in [0.25, 0.3) is 6.08 Å². The highest BCUT2D eigenvalue weighted by atomic mass is 35.5. The number of phenols is 1. The van der Waals surface area contributed by atoms with Crippen LogP contribution in [0.2, 0.25) is 5.02 Å². The number of hydrogen-bond donors (Lipinski definition) is 3. The van der Waals surface area contributed by atoms with Gasteiger partial charge >= 0.3 is 6.03 Å². The van der Waals surface area contributed by atoms with Gasteiger partial charge in [0, 0.05) is 10.9 Å². The van der Waals surface area contributed by atoms with Crippen molar-refractivity contribution in [2.75, 3.05) is 12.5 Å². The van der Waals surface area contributed by atoms with E-state index in [9.17, 15) is 33.5 Å². The maximum atomic E-state index is 15.0. The minimum Gasteiger partial charge on any atom is -0.504 e. The van der Waals surface area contributed by atoms with E-state index in [1.807, 2.05) is 6.08 Å². The topological polar surface area (TPSA) is 159 Å². The summed E-state index contributed by atoms with van der Waals surface area (Å²) in [6.07, 6.45) is 5.47. The van der Waals surface area contributed by atoms with Gasteiger partial charge in [-0.25, -0.2) is 9.18 Å². The van der Waals surface area contributed by atoms with Gasteiger partial charge in [0.15, 0.2) is 11.5 Å². The molecule has 0 bridgehead atoms. The number of amides is 6. The number of hydrazine groups is 1. The number of allylic oxidation sites excluding steroid dienone is 3. The molecule has 2 aliphatic carbocycles. The van der Waals surface area contributed by atoms with Crippen LogP contribution >= 0.6 is 11.6 Å². The van der Waals surface area contributed by atoms with E-state index in [1.54, 1.807) is 48.6 Å². The molecule has 11 nitrogen and oxygen atoms in total. The quantitative estimate of drug-likeness (QED) is 0.247. The van der Waals surface area contributed by atoms with E-state index in [1.165, 1.54) is 37.4 Å². The number of nitrogens with one attached hydrogen (secondary N) is 1. The van der Waals surface area contributed by atoms with Crippen molar-refractivity contribution in [2.24, 2.45) is 35.3 Å². The fourth-order valence-corrected chi connectivity index (χ4v) is 8.25. The van der Waals surface area contributed by atoms with Crippen LogP contribution in [-0.2, 0) is 24.6 Å². The molecule has 0 radical (unpaired) electrons. The lowest BCUT2D eigenvalue weighted by atomic mass is 9.50. The average molecular weight is 685 g/mol. The second-order valence-corrected chi connectivity index (χ2v) is 13.0. The van der Waals surface area contributed by atoms with E-state index in [0.717, 1.165) is 5.01 Å². The highest BCUT2D eigenvalue weighted by Crippen LogP contribution is 2.61. The summed E-state index contributed by atoms with van der Waals surface area (Å²) in [7, 11) is 1.42. The number of anilines is 1. The van der Waals surface area contributed by atoms with Gasteiger partial charge in [-0.2, -0.15) is 9.91 Å². The number of rotatable bonds is 6. The molecule has 0 spiro atoms. The Labute approximate surface area is 284 Å². The Morgan fingerprint density at radius 1 is 1.02 bits per heavy atom. The van der Waals surface area contributed by atoms with E-state index in [2.05, 4.69) is 5.43 Å². The van der Waals surface area contributed by atoms with Crippen molar-refractivity contribution in [3.63, 3.8) is 0 Å². The Morgan fingerprint density at radius 2 is 1.73 bits per heavy atom. The number of primary amides is 1. The van der Waals surface area contributed by atoms with Gasteiger partial charge in [-0.3, -0.25) is 24.6 Å². The largest absolute Gasteiger partial charge is 0.504 e. The second kappa shape index (κ2) is 11.9. The van der Waals surface area contributed by atoms with E-state index >= 15 is 0 Å². The Kier molecular flexibility index (Phi) is 7.78. The molecule has 7 rings (SSSR count). The number of likely N-dealkylation sites (tertiary alicyclic amines) is 1. The molecule has 3 aromatic carbocycles. The molecule has 6 unspecified atom stereocenters. The first-order chi connectivity index (χ1) is 23.5. The third-order valence-corrected chi connectivity index (χ3v) is 10.5. The van der Waals surface area contributed by atoms with Crippen LogP contribution in [0.15, 0.2) is 84.5 Å². The molecule has 4 N–H and O–H groups in total. The van der Waals surface area contributed by atoms with Gasteiger partial charge in [0.1, 0.15) is 5.82 Å². The number of carbonyl (C=O) groups excluding carboxylic acids is 5. The van der Waals surface area contributed by atoms with Gasteiger partial charge in [0.2, 0.25) is 11.8 Å². The summed E-state index contributed by atoms with van der Waals surface area (Å²) in [4.78, 5) is 69.1. The van der Waals surface area contributed by atoms with Gasteiger partial charge in [-0.05, 0) is 78.4 Å². The molecule has 0 aromatic heterocycles. The fourth-order valence-electron chi connectivity index (χ4n) is 8.12. The van der Waals surface area contributed by atoms with E-state index in [-0.39, 0.29) is 24.3 Å². The zero-order chi connectivity index (χ0) is 34.8. The first-order valence-corrected chi connectivity index (χ1v) is 15.9. The van der Waals surface area contributed by atoms with Crippen LogP contribution in [0.4, 0.5) is 14.9 Å². The van der Waals surface area contributed by atoms with Gasteiger partial charge < -0.3 is 15.6 Å². The maximum Gasteiger partial charge on any atom is 0.328 e. The van der Waals surface area contributed by atoms with Crippen molar-refractivity contribution < 1.29 is 38.2 Å². The predicted molar refractivity (Wildman–Crippen MR) is 175 cm³/mol. The van der Waals surface area contributed by atoms with Crippen molar-refractivity contribution in [3.8, 4) is 11.5 Å². The number of nitrogens with zero attached hydrogens (tertiary/aromatic N) is 2.